The summed E-state index contributed by atoms with van der Waals surface area (Å²) in [7, 11) is -1.64. The van der Waals surface area contributed by atoms with Crippen molar-refractivity contribution in [1.29, 1.82) is 0 Å². The van der Waals surface area contributed by atoms with Crippen molar-refractivity contribution in [2.75, 3.05) is 12.3 Å². The molecule has 3 rings (SSSR count). The van der Waals surface area contributed by atoms with Crippen molar-refractivity contribution < 1.29 is 4.52 Å². The SMILES string of the molecule is CCCCCC[P+]1(CCCCCC)C=C(c2ccccc2)c2cc(Cl)ccc2O1. The van der Waals surface area contributed by atoms with Gasteiger partial charge in [0, 0.05) is 16.2 Å². The Kier molecular flexibility index (Phi) is 8.64. The first-order chi connectivity index (χ1) is 14.2. The van der Waals surface area contributed by atoms with E-state index in [9.17, 15) is 0 Å². The highest BCUT2D eigenvalue weighted by molar-refractivity contribution is 7.75. The maximum absolute atomic E-state index is 6.86. The van der Waals surface area contributed by atoms with Crippen LogP contribution in [0.3, 0.4) is 0 Å². The van der Waals surface area contributed by atoms with Crippen LogP contribution in [0.4, 0.5) is 0 Å². The molecule has 1 aliphatic rings. The van der Waals surface area contributed by atoms with Crippen molar-refractivity contribution in [3.63, 3.8) is 0 Å². The van der Waals surface area contributed by atoms with Gasteiger partial charge in [-0.2, -0.15) is 0 Å². The van der Waals surface area contributed by atoms with Crippen LogP contribution in [0.2, 0.25) is 5.02 Å². The summed E-state index contributed by atoms with van der Waals surface area (Å²) < 4.78 is 6.86. The van der Waals surface area contributed by atoms with Gasteiger partial charge in [-0.1, -0.05) is 81.5 Å². The van der Waals surface area contributed by atoms with E-state index in [0.29, 0.717) is 0 Å². The molecule has 0 saturated heterocycles. The molecule has 156 valence electrons. The molecule has 0 atom stereocenters. The first-order valence-corrected chi connectivity index (χ1v) is 13.8. The maximum atomic E-state index is 6.86. The average molecular weight is 430 g/mol. The number of hydrogen-bond donors (Lipinski definition) is 0. The molecule has 0 N–H and O–H groups in total. The highest BCUT2D eigenvalue weighted by atomic mass is 35.5. The fourth-order valence-corrected chi connectivity index (χ4v) is 7.83. The topological polar surface area (TPSA) is 9.23 Å². The van der Waals surface area contributed by atoms with Gasteiger partial charge in [-0.3, -0.25) is 0 Å². The number of rotatable bonds is 11. The number of fused-ring (bicyclic) bond motifs is 1. The van der Waals surface area contributed by atoms with Crippen molar-refractivity contribution in [3.05, 3.63) is 70.5 Å². The van der Waals surface area contributed by atoms with E-state index < -0.39 is 7.49 Å². The van der Waals surface area contributed by atoms with Crippen LogP contribution < -0.4 is 4.52 Å². The van der Waals surface area contributed by atoms with Crippen LogP contribution in [0.15, 0.2) is 54.3 Å². The summed E-state index contributed by atoms with van der Waals surface area (Å²) in [5.74, 6) is 3.55. The molecule has 0 aromatic heterocycles. The fraction of sp³-hybridized carbons (Fsp3) is 0.462. The first-order valence-electron chi connectivity index (χ1n) is 11.3. The van der Waals surface area contributed by atoms with Crippen LogP contribution in [0.25, 0.3) is 5.57 Å². The largest absolute Gasteiger partial charge is 0.345 e. The molecule has 0 fully saturated rings. The van der Waals surface area contributed by atoms with Crippen LogP contribution in [-0.2, 0) is 0 Å². The van der Waals surface area contributed by atoms with Gasteiger partial charge in [0.15, 0.2) is 5.75 Å². The molecule has 29 heavy (non-hydrogen) atoms. The van der Waals surface area contributed by atoms with Crippen molar-refractivity contribution in [1.82, 2.24) is 0 Å². The minimum absolute atomic E-state index is 0.769. The number of unbranched alkanes of at least 4 members (excludes halogenated alkanes) is 6. The van der Waals surface area contributed by atoms with Crippen LogP contribution in [0.1, 0.15) is 76.3 Å². The third kappa shape index (κ3) is 6.09. The summed E-state index contributed by atoms with van der Waals surface area (Å²) in [5.41, 5.74) is 3.72. The second kappa shape index (κ2) is 11.2. The zero-order chi connectivity index (χ0) is 20.5. The molecule has 0 radical (unpaired) electrons. The second-order valence-electron chi connectivity index (χ2n) is 8.16. The fourth-order valence-electron chi connectivity index (χ4n) is 4.11. The third-order valence-corrected chi connectivity index (χ3v) is 9.41. The van der Waals surface area contributed by atoms with Gasteiger partial charge in [-0.25, -0.2) is 0 Å². The molecule has 0 aliphatic carbocycles. The van der Waals surface area contributed by atoms with E-state index in [1.54, 1.807) is 0 Å². The molecule has 1 heterocycles. The zero-order valence-electron chi connectivity index (χ0n) is 18.0. The van der Waals surface area contributed by atoms with Gasteiger partial charge in [0.05, 0.1) is 12.3 Å². The quantitative estimate of drug-likeness (QED) is 0.255. The Hall–Kier alpha value is -1.30. The minimum atomic E-state index is -1.64. The monoisotopic (exact) mass is 429 g/mol. The second-order valence-corrected chi connectivity index (χ2v) is 11.8. The van der Waals surface area contributed by atoms with E-state index in [-0.39, 0.29) is 0 Å². The van der Waals surface area contributed by atoms with Gasteiger partial charge in [0.1, 0.15) is 5.82 Å². The number of halogens is 1. The Balaban J connectivity index is 1.96. The normalized spacial score (nSPS) is 14.8. The Labute approximate surface area is 182 Å². The molecule has 0 saturated carbocycles. The van der Waals surface area contributed by atoms with E-state index in [1.165, 1.54) is 74.8 Å². The molecule has 0 bridgehead atoms. The number of benzene rings is 2. The molecule has 2 aromatic rings. The molecule has 0 amide bonds. The van der Waals surface area contributed by atoms with E-state index in [4.69, 9.17) is 16.1 Å². The highest BCUT2D eigenvalue weighted by Gasteiger charge is 2.43. The third-order valence-electron chi connectivity index (χ3n) is 5.74. The van der Waals surface area contributed by atoms with Crippen LogP contribution in [0.5, 0.6) is 5.75 Å². The highest BCUT2D eigenvalue weighted by Crippen LogP contribution is 2.67. The van der Waals surface area contributed by atoms with Gasteiger partial charge in [0.2, 0.25) is 7.49 Å². The lowest BCUT2D eigenvalue weighted by molar-refractivity contribution is 0.578. The predicted octanol–water partition coefficient (Wildman–Crippen LogP) is 9.21. The molecular weight excluding hydrogens is 395 g/mol. The Morgan fingerprint density at radius 1 is 0.793 bits per heavy atom. The van der Waals surface area contributed by atoms with Crippen LogP contribution in [0, 0.1) is 0 Å². The average Bonchev–Trinajstić information content (AvgIpc) is 2.75. The summed E-state index contributed by atoms with van der Waals surface area (Å²) >= 11 is 6.36. The van der Waals surface area contributed by atoms with Gasteiger partial charge < -0.3 is 4.52 Å². The lowest BCUT2D eigenvalue weighted by Gasteiger charge is -2.30. The van der Waals surface area contributed by atoms with Crippen molar-refractivity contribution in [2.24, 2.45) is 0 Å². The van der Waals surface area contributed by atoms with E-state index in [2.05, 4.69) is 62.1 Å². The maximum Gasteiger partial charge on any atom is 0.216 e. The minimum Gasteiger partial charge on any atom is -0.345 e. The molecule has 1 nitrogen and oxygen atoms in total. The standard InChI is InChI=1S/C26H35ClOP/c1-3-5-7-12-18-29(19-13-8-6-4-2)21-25(22-14-10-9-11-15-22)24-20-23(27)16-17-26(24)28-29/h9-11,14-17,20-21H,3-8,12-13,18-19H2,1-2H3/q+1. The number of hydrogen-bond acceptors (Lipinski definition) is 1. The smallest absolute Gasteiger partial charge is 0.216 e. The predicted molar refractivity (Wildman–Crippen MR) is 131 cm³/mol. The Morgan fingerprint density at radius 3 is 2.07 bits per heavy atom. The summed E-state index contributed by atoms with van der Waals surface area (Å²) in [5, 5.41) is 0.769. The van der Waals surface area contributed by atoms with E-state index in [0.717, 1.165) is 16.3 Å². The van der Waals surface area contributed by atoms with Crippen molar-refractivity contribution >= 4 is 24.7 Å². The Bertz CT molecular complexity index is 788. The van der Waals surface area contributed by atoms with Crippen LogP contribution >= 0.6 is 19.1 Å². The molecular formula is C26H35ClOP+. The summed E-state index contributed by atoms with van der Waals surface area (Å²) in [6.07, 6.45) is 12.7. The summed E-state index contributed by atoms with van der Waals surface area (Å²) in [6.45, 7) is 4.56. The molecule has 1 aliphatic heterocycles. The first kappa shape index (κ1) is 22.4. The van der Waals surface area contributed by atoms with E-state index >= 15 is 0 Å². The van der Waals surface area contributed by atoms with Gasteiger partial charge in [-0.05, 0) is 49.4 Å². The molecule has 0 unspecified atom stereocenters. The van der Waals surface area contributed by atoms with Crippen molar-refractivity contribution in [2.45, 2.75) is 65.2 Å². The molecule has 2 aromatic carbocycles. The van der Waals surface area contributed by atoms with Gasteiger partial charge >= 0.3 is 0 Å². The lowest BCUT2D eigenvalue weighted by atomic mass is 9.99. The Morgan fingerprint density at radius 2 is 1.45 bits per heavy atom. The van der Waals surface area contributed by atoms with Gasteiger partial charge in [-0.15, -0.1) is 0 Å². The van der Waals surface area contributed by atoms with Crippen molar-refractivity contribution in [3.8, 4) is 5.75 Å². The molecule has 3 heteroatoms. The summed E-state index contributed by atoms with van der Waals surface area (Å²) in [4.78, 5) is 0. The summed E-state index contributed by atoms with van der Waals surface area (Å²) in [6, 6.07) is 16.9. The van der Waals surface area contributed by atoms with Crippen LogP contribution in [-0.4, -0.2) is 12.3 Å². The zero-order valence-corrected chi connectivity index (χ0v) is 19.7. The molecule has 0 spiro atoms. The lowest BCUT2D eigenvalue weighted by Crippen LogP contribution is -2.14. The van der Waals surface area contributed by atoms with Gasteiger partial charge in [0.25, 0.3) is 0 Å². The van der Waals surface area contributed by atoms with E-state index in [1.807, 2.05) is 6.07 Å².